The van der Waals surface area contributed by atoms with Gasteiger partial charge >= 0.3 is 0 Å². The van der Waals surface area contributed by atoms with E-state index in [1.54, 1.807) is 66.2 Å². The summed E-state index contributed by atoms with van der Waals surface area (Å²) >= 11 is 7.99. The molecule has 0 atom stereocenters. The highest BCUT2D eigenvalue weighted by Crippen LogP contribution is 2.30. The molecule has 0 spiro atoms. The molecule has 0 saturated heterocycles. The van der Waals surface area contributed by atoms with Crippen LogP contribution in [0.5, 0.6) is 5.75 Å². The Balaban J connectivity index is 0.994. The fourth-order valence-corrected chi connectivity index (χ4v) is 6.82. The monoisotopic (exact) mass is 689 g/mol. The molecule has 0 unspecified atom stereocenters. The predicted molar refractivity (Wildman–Crippen MR) is 181 cm³/mol. The van der Waals surface area contributed by atoms with E-state index in [9.17, 15) is 12.8 Å². The first-order valence-electron chi connectivity index (χ1n) is 14.7. The number of rotatable bonds is 14. The Morgan fingerprint density at radius 3 is 2.66 bits per heavy atom. The number of thiazole rings is 1. The molecule has 2 aromatic carbocycles. The van der Waals surface area contributed by atoms with Gasteiger partial charge in [-0.15, -0.1) is 11.3 Å². The van der Waals surface area contributed by atoms with Crippen LogP contribution in [0.15, 0.2) is 95.7 Å². The van der Waals surface area contributed by atoms with E-state index in [-0.39, 0.29) is 23.2 Å². The summed E-state index contributed by atoms with van der Waals surface area (Å²) < 4.78 is 43.9. The molecule has 240 valence electrons. The van der Waals surface area contributed by atoms with E-state index in [0.29, 0.717) is 46.6 Å². The topological polar surface area (TPSA) is 132 Å². The normalized spacial score (nSPS) is 11.5. The molecule has 0 aliphatic rings. The smallest absolute Gasteiger partial charge is 0.227 e. The fourth-order valence-electron chi connectivity index (χ4n) is 4.62. The number of benzene rings is 2. The number of hydrogen-bond acceptors (Lipinski definition) is 11. The lowest BCUT2D eigenvalue weighted by Crippen LogP contribution is -2.24. The Morgan fingerprint density at radius 2 is 1.83 bits per heavy atom. The van der Waals surface area contributed by atoms with E-state index in [0.717, 1.165) is 34.6 Å². The van der Waals surface area contributed by atoms with Crippen molar-refractivity contribution in [3.05, 3.63) is 112 Å². The van der Waals surface area contributed by atoms with Gasteiger partial charge in [0, 0.05) is 41.8 Å². The summed E-state index contributed by atoms with van der Waals surface area (Å²) in [5.74, 6) is 0.539. The zero-order chi connectivity index (χ0) is 32.6. The van der Waals surface area contributed by atoms with Crippen LogP contribution in [0.1, 0.15) is 17.0 Å². The number of aromatic nitrogens is 5. The fraction of sp³-hybridized carbons (Fsp3) is 0.182. The summed E-state index contributed by atoms with van der Waals surface area (Å²) in [6.07, 6.45) is 6.48. The minimum absolute atomic E-state index is 0.00237. The lowest BCUT2D eigenvalue weighted by atomic mass is 10.2. The minimum Gasteiger partial charge on any atom is -0.487 e. The maximum absolute atomic E-state index is 13.4. The van der Waals surface area contributed by atoms with Crippen LogP contribution >= 0.6 is 22.9 Å². The van der Waals surface area contributed by atoms with Crippen LogP contribution in [-0.4, -0.2) is 52.2 Å². The highest BCUT2D eigenvalue weighted by molar-refractivity contribution is 7.91. The van der Waals surface area contributed by atoms with E-state index >= 15 is 0 Å². The SMILES string of the molecule is O=S(=O)(CCNCCCc1nc(-c2cc3cnc(Nc4ccc(OCc5cccc(F)c5)c(Cl)c4)nc3cn2)cs1)c1ccccn1. The van der Waals surface area contributed by atoms with Crippen molar-refractivity contribution < 1.29 is 17.5 Å². The molecule has 0 amide bonds. The molecule has 4 heterocycles. The van der Waals surface area contributed by atoms with Crippen LogP contribution in [0.25, 0.3) is 22.3 Å². The molecule has 14 heteroatoms. The summed E-state index contributed by atoms with van der Waals surface area (Å²) in [7, 11) is -3.39. The first-order chi connectivity index (χ1) is 22.8. The van der Waals surface area contributed by atoms with Gasteiger partial charge in [-0.1, -0.05) is 29.8 Å². The first kappa shape index (κ1) is 32.4. The van der Waals surface area contributed by atoms with Crippen molar-refractivity contribution in [3.8, 4) is 17.1 Å². The van der Waals surface area contributed by atoms with Gasteiger partial charge in [0.05, 0.1) is 38.9 Å². The maximum Gasteiger partial charge on any atom is 0.227 e. The summed E-state index contributed by atoms with van der Waals surface area (Å²) in [6.45, 7) is 1.22. The Bertz CT molecular complexity index is 2100. The van der Waals surface area contributed by atoms with Crippen molar-refractivity contribution in [3.63, 3.8) is 0 Å². The standard InChI is InChI=1S/C33H29ClFN7O3S2/c34-26-17-25(9-10-30(26)45-20-22-5-3-6-24(35)15-22)40-33-39-18-23-16-27(38-19-28(23)42-33)29-21-46-31(41-29)7-4-11-36-13-14-47(43,44)32-8-1-2-12-37-32/h1-3,5-6,8-10,12,15-19,21,36H,4,7,11,13-14,20H2,(H,39,40,42). The second-order valence-electron chi connectivity index (χ2n) is 10.5. The van der Waals surface area contributed by atoms with Gasteiger partial charge in [0.25, 0.3) is 0 Å². The van der Waals surface area contributed by atoms with Gasteiger partial charge < -0.3 is 15.4 Å². The van der Waals surface area contributed by atoms with Crippen molar-refractivity contribution in [1.82, 2.24) is 30.2 Å². The molecular formula is C33H29ClFN7O3S2. The van der Waals surface area contributed by atoms with Crippen molar-refractivity contribution in [2.24, 2.45) is 0 Å². The van der Waals surface area contributed by atoms with E-state index in [4.69, 9.17) is 21.3 Å². The summed E-state index contributed by atoms with van der Waals surface area (Å²) in [5.41, 5.74) is 3.55. The number of sulfone groups is 1. The first-order valence-corrected chi connectivity index (χ1v) is 17.6. The van der Waals surface area contributed by atoms with Crippen molar-refractivity contribution in [2.45, 2.75) is 24.5 Å². The molecular weight excluding hydrogens is 661 g/mol. The van der Waals surface area contributed by atoms with E-state index in [1.165, 1.54) is 24.4 Å². The van der Waals surface area contributed by atoms with Gasteiger partial charge in [-0.25, -0.2) is 32.7 Å². The Labute approximate surface area is 280 Å². The van der Waals surface area contributed by atoms with Crippen molar-refractivity contribution in [2.75, 3.05) is 24.2 Å². The second-order valence-corrected chi connectivity index (χ2v) is 13.9. The molecule has 6 aromatic rings. The lowest BCUT2D eigenvalue weighted by molar-refractivity contribution is 0.306. The summed E-state index contributed by atoms with van der Waals surface area (Å²) in [4.78, 5) is 22.3. The average molecular weight is 690 g/mol. The highest BCUT2D eigenvalue weighted by Gasteiger charge is 2.15. The molecule has 0 aliphatic heterocycles. The molecule has 2 N–H and O–H groups in total. The molecule has 0 bridgehead atoms. The molecule has 0 radical (unpaired) electrons. The van der Waals surface area contributed by atoms with Gasteiger partial charge in [0.15, 0.2) is 14.9 Å². The summed E-state index contributed by atoms with van der Waals surface area (Å²) in [6, 6.07) is 18.2. The number of ether oxygens (including phenoxy) is 1. The van der Waals surface area contributed by atoms with Gasteiger partial charge in [0.2, 0.25) is 5.95 Å². The molecule has 10 nitrogen and oxygen atoms in total. The third-order valence-corrected chi connectivity index (χ3v) is 9.82. The molecule has 4 aromatic heterocycles. The number of hydrogen-bond donors (Lipinski definition) is 2. The van der Waals surface area contributed by atoms with Crippen molar-refractivity contribution in [1.29, 1.82) is 0 Å². The predicted octanol–water partition coefficient (Wildman–Crippen LogP) is 6.65. The molecule has 0 saturated carbocycles. The third-order valence-electron chi connectivity index (χ3n) is 7.00. The number of aryl methyl sites for hydroxylation is 1. The van der Waals surface area contributed by atoms with Crippen LogP contribution < -0.4 is 15.4 Å². The van der Waals surface area contributed by atoms with Gasteiger partial charge in [-0.3, -0.25) is 4.98 Å². The number of anilines is 2. The third kappa shape index (κ3) is 8.63. The van der Waals surface area contributed by atoms with Gasteiger partial charge in [-0.2, -0.15) is 0 Å². The van der Waals surface area contributed by atoms with Gasteiger partial charge in [-0.05, 0) is 67.1 Å². The number of pyridine rings is 2. The van der Waals surface area contributed by atoms with Crippen molar-refractivity contribution >= 4 is 55.3 Å². The highest BCUT2D eigenvalue weighted by atomic mass is 35.5. The molecule has 6 rings (SSSR count). The van der Waals surface area contributed by atoms with E-state index in [2.05, 4.69) is 30.6 Å². The average Bonchev–Trinajstić information content (AvgIpc) is 3.55. The van der Waals surface area contributed by atoms with Gasteiger partial charge in [0.1, 0.15) is 18.2 Å². The Hall–Kier alpha value is -4.56. The number of halogens is 2. The maximum atomic E-state index is 13.4. The van der Waals surface area contributed by atoms with Crippen LogP contribution in [-0.2, 0) is 22.9 Å². The zero-order valence-electron chi connectivity index (χ0n) is 24.9. The minimum atomic E-state index is -3.39. The second kappa shape index (κ2) is 14.9. The molecule has 0 fully saturated rings. The van der Waals surface area contributed by atoms with Crippen LogP contribution in [0.2, 0.25) is 5.02 Å². The number of nitrogens with zero attached hydrogens (tertiary/aromatic N) is 5. The Kier molecular flexibility index (Phi) is 10.3. The Morgan fingerprint density at radius 1 is 0.915 bits per heavy atom. The quantitative estimate of drug-likeness (QED) is 0.120. The zero-order valence-corrected chi connectivity index (χ0v) is 27.3. The molecule has 47 heavy (non-hydrogen) atoms. The van der Waals surface area contributed by atoms with Crippen LogP contribution in [0, 0.1) is 5.82 Å². The lowest BCUT2D eigenvalue weighted by Gasteiger charge is -2.11. The largest absolute Gasteiger partial charge is 0.487 e. The molecule has 0 aliphatic carbocycles. The van der Waals surface area contributed by atoms with E-state index in [1.807, 2.05) is 11.4 Å². The summed E-state index contributed by atoms with van der Waals surface area (Å²) in [5, 5.41) is 10.6. The van der Waals surface area contributed by atoms with E-state index < -0.39 is 9.84 Å². The van der Waals surface area contributed by atoms with Crippen LogP contribution in [0.3, 0.4) is 0 Å². The number of nitrogens with one attached hydrogen (secondary N) is 2. The number of fused-ring (bicyclic) bond motifs is 1. The van der Waals surface area contributed by atoms with Crippen LogP contribution in [0.4, 0.5) is 16.0 Å².